The Kier molecular flexibility index (Phi) is 4.69. The van der Waals surface area contributed by atoms with E-state index in [2.05, 4.69) is 0 Å². The highest BCUT2D eigenvalue weighted by molar-refractivity contribution is 6.31. The minimum Gasteiger partial charge on any atom is -0.481 e. The molecule has 142 valence electrons. The molecule has 2 aromatic heterocycles. The van der Waals surface area contributed by atoms with Gasteiger partial charge in [0, 0.05) is 5.56 Å². The maximum atomic E-state index is 14.1. The van der Waals surface area contributed by atoms with Crippen LogP contribution < -0.4 is 10.2 Å². The number of furan rings is 1. The Bertz CT molecular complexity index is 1210. The summed E-state index contributed by atoms with van der Waals surface area (Å²) in [5.41, 5.74) is 2.18. The molecule has 6 heteroatoms. The van der Waals surface area contributed by atoms with Crippen molar-refractivity contribution in [3.05, 3.63) is 86.5 Å². The number of ether oxygens (including phenoxy) is 1. The fraction of sp³-hybridized carbons (Fsp3) is 0.136. The monoisotopic (exact) mass is 398 g/mol. The van der Waals surface area contributed by atoms with Gasteiger partial charge in [0.1, 0.15) is 18.0 Å². The average Bonchev–Trinajstić information content (AvgIpc) is 3.19. The molecular weight excluding hydrogens is 383 g/mol. The Morgan fingerprint density at radius 1 is 1.11 bits per heavy atom. The Hall–Kier alpha value is -3.05. The van der Waals surface area contributed by atoms with Crippen LogP contribution in [0.4, 0.5) is 4.39 Å². The Balaban J connectivity index is 1.88. The van der Waals surface area contributed by atoms with E-state index in [9.17, 15) is 9.18 Å². The second kappa shape index (κ2) is 7.17. The Labute approximate surface area is 165 Å². The molecule has 0 N–H and O–H groups in total. The second-order valence-corrected chi connectivity index (χ2v) is 6.90. The van der Waals surface area contributed by atoms with Gasteiger partial charge < -0.3 is 13.6 Å². The molecule has 2 aromatic carbocycles. The van der Waals surface area contributed by atoms with E-state index in [0.29, 0.717) is 16.7 Å². The normalized spacial score (nSPS) is 11.1. The van der Waals surface area contributed by atoms with Gasteiger partial charge in [-0.05, 0) is 61.4 Å². The zero-order chi connectivity index (χ0) is 19.8. The van der Waals surface area contributed by atoms with Gasteiger partial charge in [0.05, 0.1) is 16.7 Å². The van der Waals surface area contributed by atoms with Crippen molar-refractivity contribution < 1.29 is 18.0 Å². The lowest BCUT2D eigenvalue weighted by atomic mass is 10.1. The molecule has 0 unspecified atom stereocenters. The highest BCUT2D eigenvalue weighted by atomic mass is 35.5. The van der Waals surface area contributed by atoms with E-state index in [1.54, 1.807) is 30.3 Å². The van der Waals surface area contributed by atoms with E-state index in [0.717, 1.165) is 11.1 Å². The lowest BCUT2D eigenvalue weighted by Gasteiger charge is -2.12. The van der Waals surface area contributed by atoms with Crippen LogP contribution in [0.25, 0.3) is 22.5 Å². The van der Waals surface area contributed by atoms with Gasteiger partial charge in [0.2, 0.25) is 16.9 Å². The second-order valence-electron chi connectivity index (χ2n) is 6.49. The number of rotatable bonds is 4. The largest absolute Gasteiger partial charge is 0.481 e. The number of hydrogen-bond donors (Lipinski definition) is 0. The molecule has 2 heterocycles. The van der Waals surface area contributed by atoms with Crippen molar-refractivity contribution in [2.24, 2.45) is 0 Å². The zero-order valence-corrected chi connectivity index (χ0v) is 16.0. The topological polar surface area (TPSA) is 52.6 Å². The minimum absolute atomic E-state index is 0.0509. The Morgan fingerprint density at radius 2 is 1.89 bits per heavy atom. The van der Waals surface area contributed by atoms with Crippen molar-refractivity contribution in [3.63, 3.8) is 0 Å². The highest BCUT2D eigenvalue weighted by Crippen LogP contribution is 2.33. The smallest absolute Gasteiger partial charge is 0.235 e. The molecule has 4 aromatic rings. The SMILES string of the molecule is Cc1cc2oc(-c3ccco3)c(OCc3c(F)cccc3Cl)c(=O)c2cc1C. The van der Waals surface area contributed by atoms with Crippen molar-refractivity contribution in [1.29, 1.82) is 0 Å². The van der Waals surface area contributed by atoms with Gasteiger partial charge in [-0.25, -0.2) is 4.39 Å². The third kappa shape index (κ3) is 3.18. The summed E-state index contributed by atoms with van der Waals surface area (Å²) in [5, 5.41) is 0.601. The number of benzene rings is 2. The first kappa shape index (κ1) is 18.3. The summed E-state index contributed by atoms with van der Waals surface area (Å²) in [6.07, 6.45) is 1.47. The van der Waals surface area contributed by atoms with Gasteiger partial charge in [0.15, 0.2) is 5.76 Å². The first-order chi connectivity index (χ1) is 13.5. The maximum Gasteiger partial charge on any atom is 0.235 e. The molecule has 0 saturated carbocycles. The van der Waals surface area contributed by atoms with Crippen molar-refractivity contribution in [1.82, 2.24) is 0 Å². The van der Waals surface area contributed by atoms with Crippen LogP contribution in [0.1, 0.15) is 16.7 Å². The van der Waals surface area contributed by atoms with Crippen LogP contribution in [0.5, 0.6) is 5.75 Å². The number of aryl methyl sites for hydroxylation is 2. The van der Waals surface area contributed by atoms with Gasteiger partial charge in [-0.1, -0.05) is 17.7 Å². The molecule has 0 aliphatic heterocycles. The molecule has 0 saturated heterocycles. The van der Waals surface area contributed by atoms with Crippen molar-refractivity contribution in [2.75, 3.05) is 0 Å². The van der Waals surface area contributed by atoms with Gasteiger partial charge in [-0.15, -0.1) is 0 Å². The molecule has 0 fully saturated rings. The van der Waals surface area contributed by atoms with Crippen LogP contribution in [-0.4, -0.2) is 0 Å². The minimum atomic E-state index is -0.510. The third-order valence-corrected chi connectivity index (χ3v) is 4.99. The van der Waals surface area contributed by atoms with Gasteiger partial charge in [-0.2, -0.15) is 0 Å². The van der Waals surface area contributed by atoms with E-state index >= 15 is 0 Å². The van der Waals surface area contributed by atoms with Crippen LogP contribution >= 0.6 is 11.6 Å². The summed E-state index contributed by atoms with van der Waals surface area (Å²) in [6, 6.07) is 11.2. The summed E-state index contributed by atoms with van der Waals surface area (Å²) >= 11 is 6.07. The van der Waals surface area contributed by atoms with Crippen LogP contribution in [0.2, 0.25) is 5.02 Å². The standard InChI is InChI=1S/C22H16ClFO4/c1-12-9-14-19(10-13(12)2)28-21(18-7-4-8-26-18)22(20(14)25)27-11-15-16(23)5-3-6-17(15)24/h3-10H,11H2,1-2H3. The number of halogens is 2. The molecule has 0 aliphatic rings. The molecule has 0 spiro atoms. The van der Waals surface area contributed by atoms with Crippen molar-refractivity contribution in [2.45, 2.75) is 20.5 Å². The molecule has 0 aliphatic carbocycles. The molecule has 0 radical (unpaired) electrons. The van der Waals surface area contributed by atoms with E-state index in [-0.39, 0.29) is 34.1 Å². The lowest BCUT2D eigenvalue weighted by molar-refractivity contribution is 0.290. The van der Waals surface area contributed by atoms with E-state index in [4.69, 9.17) is 25.2 Å². The summed E-state index contributed by atoms with van der Waals surface area (Å²) in [5.74, 6) is -0.0706. The summed E-state index contributed by atoms with van der Waals surface area (Å²) in [7, 11) is 0. The summed E-state index contributed by atoms with van der Waals surface area (Å²) in [6.45, 7) is 3.63. The quantitative estimate of drug-likeness (QED) is 0.420. The summed E-state index contributed by atoms with van der Waals surface area (Å²) < 4.78 is 31.2. The van der Waals surface area contributed by atoms with Crippen LogP contribution in [0, 0.1) is 19.7 Å². The molecule has 0 atom stereocenters. The van der Waals surface area contributed by atoms with Crippen LogP contribution in [-0.2, 0) is 6.61 Å². The lowest BCUT2D eigenvalue weighted by Crippen LogP contribution is -2.11. The molecular formula is C22H16ClFO4. The van der Waals surface area contributed by atoms with Crippen molar-refractivity contribution >= 4 is 22.6 Å². The highest BCUT2D eigenvalue weighted by Gasteiger charge is 2.21. The number of fused-ring (bicyclic) bond motifs is 1. The first-order valence-corrected chi connectivity index (χ1v) is 9.01. The average molecular weight is 399 g/mol. The molecule has 0 bridgehead atoms. The van der Waals surface area contributed by atoms with Gasteiger partial charge in [0.25, 0.3) is 0 Å². The molecule has 0 amide bonds. The molecule has 4 nitrogen and oxygen atoms in total. The van der Waals surface area contributed by atoms with E-state index < -0.39 is 5.82 Å². The van der Waals surface area contributed by atoms with Crippen LogP contribution in [0.15, 0.2) is 62.4 Å². The van der Waals surface area contributed by atoms with Gasteiger partial charge >= 0.3 is 0 Å². The number of hydrogen-bond acceptors (Lipinski definition) is 4. The predicted molar refractivity (Wildman–Crippen MR) is 105 cm³/mol. The first-order valence-electron chi connectivity index (χ1n) is 8.63. The predicted octanol–water partition coefficient (Wildman–Crippen LogP) is 6.04. The van der Waals surface area contributed by atoms with E-state index in [1.807, 2.05) is 13.8 Å². The fourth-order valence-corrected chi connectivity index (χ4v) is 3.17. The van der Waals surface area contributed by atoms with Gasteiger partial charge in [-0.3, -0.25) is 4.79 Å². The van der Waals surface area contributed by atoms with Crippen LogP contribution in [0.3, 0.4) is 0 Å². The zero-order valence-electron chi connectivity index (χ0n) is 15.2. The third-order valence-electron chi connectivity index (χ3n) is 4.63. The van der Waals surface area contributed by atoms with Crippen molar-refractivity contribution in [3.8, 4) is 17.3 Å². The maximum absolute atomic E-state index is 14.1. The van der Waals surface area contributed by atoms with E-state index in [1.165, 1.54) is 18.4 Å². The molecule has 28 heavy (non-hydrogen) atoms. The molecule has 4 rings (SSSR count). The Morgan fingerprint density at radius 3 is 2.61 bits per heavy atom. The summed E-state index contributed by atoms with van der Waals surface area (Å²) in [4.78, 5) is 13.1. The fourth-order valence-electron chi connectivity index (χ4n) is 2.95.